The number of phenolic OH excluding ortho intramolecular Hbond substituents is 1. The lowest BCUT2D eigenvalue weighted by atomic mass is 9.76. The lowest BCUT2D eigenvalue weighted by molar-refractivity contribution is 0.289. The van der Waals surface area contributed by atoms with Gasteiger partial charge in [-0.25, -0.2) is 0 Å². The highest BCUT2D eigenvalue weighted by Crippen LogP contribution is 2.37. The Labute approximate surface area is 128 Å². The first-order chi connectivity index (χ1) is 9.70. The van der Waals surface area contributed by atoms with Crippen molar-refractivity contribution in [2.45, 2.75) is 31.3 Å². The van der Waals surface area contributed by atoms with E-state index in [2.05, 4.69) is 45.5 Å². The molecular weight excluding hydrogens is 314 g/mol. The van der Waals surface area contributed by atoms with Crippen LogP contribution in [0, 0.1) is 0 Å². The molecule has 2 N–H and O–H groups in total. The number of hydrogen-bond donors (Lipinski definition) is 2. The Morgan fingerprint density at radius 3 is 2.30 bits per heavy atom. The summed E-state index contributed by atoms with van der Waals surface area (Å²) in [6.07, 6.45) is 2.42. The maximum Gasteiger partial charge on any atom is 0.115 e. The van der Waals surface area contributed by atoms with Gasteiger partial charge in [-0.05, 0) is 54.2 Å². The van der Waals surface area contributed by atoms with Crippen LogP contribution in [0.25, 0.3) is 0 Å². The molecule has 0 saturated heterocycles. The van der Waals surface area contributed by atoms with E-state index in [4.69, 9.17) is 0 Å². The first-order valence-corrected chi connectivity index (χ1v) is 7.77. The molecule has 1 aliphatic rings. The summed E-state index contributed by atoms with van der Waals surface area (Å²) in [4.78, 5) is 0. The molecule has 20 heavy (non-hydrogen) atoms. The van der Waals surface area contributed by atoms with Crippen LogP contribution in [0.15, 0.2) is 53.0 Å². The van der Waals surface area contributed by atoms with E-state index in [0.29, 0.717) is 17.7 Å². The van der Waals surface area contributed by atoms with E-state index in [-0.39, 0.29) is 0 Å². The number of halogens is 1. The molecule has 0 radical (unpaired) electrons. The third kappa shape index (κ3) is 3.22. The molecule has 1 fully saturated rings. The summed E-state index contributed by atoms with van der Waals surface area (Å²) in [6.45, 7) is 0.873. The highest BCUT2D eigenvalue weighted by molar-refractivity contribution is 9.10. The highest BCUT2D eigenvalue weighted by Gasteiger charge is 2.29. The molecule has 0 atom stereocenters. The number of nitrogens with one attached hydrogen (secondary N) is 1. The maximum atomic E-state index is 9.25. The fourth-order valence-corrected chi connectivity index (χ4v) is 2.93. The minimum atomic E-state index is 0.327. The summed E-state index contributed by atoms with van der Waals surface area (Å²) in [7, 11) is 0. The lowest BCUT2D eigenvalue weighted by Crippen LogP contribution is -2.39. The molecule has 0 heterocycles. The van der Waals surface area contributed by atoms with Gasteiger partial charge in [0.25, 0.3) is 0 Å². The van der Waals surface area contributed by atoms with Crippen molar-refractivity contribution in [2.75, 3.05) is 0 Å². The normalized spacial score (nSPS) is 21.4. The Hall–Kier alpha value is -1.32. The van der Waals surface area contributed by atoms with Crippen molar-refractivity contribution in [1.82, 2.24) is 5.32 Å². The summed E-state index contributed by atoms with van der Waals surface area (Å²) in [5, 5.41) is 12.8. The zero-order valence-electron chi connectivity index (χ0n) is 11.2. The van der Waals surface area contributed by atoms with Crippen LogP contribution in [0.1, 0.15) is 29.9 Å². The third-order valence-corrected chi connectivity index (χ3v) is 4.54. The molecule has 0 bridgehead atoms. The fraction of sp³-hybridized carbons (Fsp3) is 0.294. The molecule has 1 saturated carbocycles. The molecule has 3 heteroatoms. The Bertz CT molecular complexity index is 556. The van der Waals surface area contributed by atoms with E-state index < -0.39 is 0 Å². The van der Waals surface area contributed by atoms with E-state index in [9.17, 15) is 5.11 Å². The van der Waals surface area contributed by atoms with Gasteiger partial charge in [0, 0.05) is 17.1 Å². The van der Waals surface area contributed by atoms with E-state index in [1.54, 1.807) is 12.1 Å². The first kappa shape index (κ1) is 13.7. The monoisotopic (exact) mass is 331 g/mol. The number of phenols is 1. The van der Waals surface area contributed by atoms with Crippen LogP contribution in [0.5, 0.6) is 5.75 Å². The summed E-state index contributed by atoms with van der Waals surface area (Å²) >= 11 is 3.47. The maximum absolute atomic E-state index is 9.25. The molecule has 2 aromatic rings. The van der Waals surface area contributed by atoms with Gasteiger partial charge < -0.3 is 10.4 Å². The van der Waals surface area contributed by atoms with Gasteiger partial charge in [-0.15, -0.1) is 0 Å². The Balaban J connectivity index is 1.46. The van der Waals surface area contributed by atoms with Crippen molar-refractivity contribution in [3.05, 3.63) is 64.1 Å². The molecule has 0 aromatic heterocycles. The Morgan fingerprint density at radius 2 is 1.65 bits per heavy atom. The average molecular weight is 332 g/mol. The molecule has 0 amide bonds. The summed E-state index contributed by atoms with van der Waals surface area (Å²) in [6, 6.07) is 16.7. The Morgan fingerprint density at radius 1 is 1.00 bits per heavy atom. The van der Waals surface area contributed by atoms with Crippen LogP contribution in [0.3, 0.4) is 0 Å². The van der Waals surface area contributed by atoms with Gasteiger partial charge >= 0.3 is 0 Å². The fourth-order valence-electron chi connectivity index (χ4n) is 2.67. The lowest BCUT2D eigenvalue weighted by Gasteiger charge is -2.36. The van der Waals surface area contributed by atoms with Gasteiger partial charge in [-0.2, -0.15) is 0 Å². The van der Waals surface area contributed by atoms with Crippen molar-refractivity contribution in [3.63, 3.8) is 0 Å². The first-order valence-electron chi connectivity index (χ1n) is 6.97. The molecule has 0 spiro atoms. The second-order valence-corrected chi connectivity index (χ2v) is 6.38. The Kier molecular flexibility index (Phi) is 4.08. The molecule has 1 aliphatic carbocycles. The summed E-state index contributed by atoms with van der Waals surface area (Å²) < 4.78 is 1.14. The van der Waals surface area contributed by atoms with Gasteiger partial charge in [0.2, 0.25) is 0 Å². The molecule has 104 valence electrons. The molecule has 0 unspecified atom stereocenters. The van der Waals surface area contributed by atoms with Crippen LogP contribution >= 0.6 is 15.9 Å². The number of rotatable bonds is 4. The van der Waals surface area contributed by atoms with Gasteiger partial charge in [0.1, 0.15) is 5.75 Å². The van der Waals surface area contributed by atoms with E-state index >= 15 is 0 Å². The third-order valence-electron chi connectivity index (χ3n) is 4.01. The SMILES string of the molecule is Oc1ccc(CNC2CC(c3ccc(Br)cc3)C2)cc1. The van der Waals surface area contributed by atoms with Crippen LogP contribution in [-0.2, 0) is 6.54 Å². The van der Waals surface area contributed by atoms with E-state index in [0.717, 1.165) is 11.0 Å². The molecule has 0 aliphatic heterocycles. The standard InChI is InChI=1S/C17H18BrNO/c18-15-5-3-13(4-6-15)14-9-16(10-14)19-11-12-1-7-17(20)8-2-12/h1-8,14,16,19-20H,9-11H2. The zero-order chi connectivity index (χ0) is 13.9. The van der Waals surface area contributed by atoms with Crippen molar-refractivity contribution in [3.8, 4) is 5.75 Å². The van der Waals surface area contributed by atoms with E-state index in [1.165, 1.54) is 24.0 Å². The van der Waals surface area contributed by atoms with E-state index in [1.807, 2.05) is 12.1 Å². The van der Waals surface area contributed by atoms with Gasteiger partial charge in [-0.3, -0.25) is 0 Å². The van der Waals surface area contributed by atoms with Crippen LogP contribution in [-0.4, -0.2) is 11.1 Å². The minimum Gasteiger partial charge on any atom is -0.508 e. The summed E-state index contributed by atoms with van der Waals surface area (Å²) in [5.41, 5.74) is 2.66. The van der Waals surface area contributed by atoms with Crippen LogP contribution in [0.4, 0.5) is 0 Å². The largest absolute Gasteiger partial charge is 0.508 e. The van der Waals surface area contributed by atoms with Crippen molar-refractivity contribution in [1.29, 1.82) is 0 Å². The van der Waals surface area contributed by atoms with Gasteiger partial charge in [-0.1, -0.05) is 40.2 Å². The predicted molar refractivity (Wildman–Crippen MR) is 84.9 cm³/mol. The molecular formula is C17H18BrNO. The number of benzene rings is 2. The van der Waals surface area contributed by atoms with Crippen molar-refractivity contribution >= 4 is 15.9 Å². The quantitative estimate of drug-likeness (QED) is 0.880. The van der Waals surface area contributed by atoms with Gasteiger partial charge in [0.05, 0.1) is 0 Å². The molecule has 3 rings (SSSR count). The topological polar surface area (TPSA) is 32.3 Å². The predicted octanol–water partition coefficient (Wildman–Crippen LogP) is 4.19. The minimum absolute atomic E-state index is 0.327. The molecule has 2 aromatic carbocycles. The highest BCUT2D eigenvalue weighted by atomic mass is 79.9. The van der Waals surface area contributed by atoms with Crippen LogP contribution in [0.2, 0.25) is 0 Å². The second kappa shape index (κ2) is 5.98. The number of aromatic hydroxyl groups is 1. The average Bonchev–Trinajstić information content (AvgIpc) is 2.41. The zero-order valence-corrected chi connectivity index (χ0v) is 12.8. The van der Waals surface area contributed by atoms with Gasteiger partial charge in [0.15, 0.2) is 0 Å². The van der Waals surface area contributed by atoms with Crippen molar-refractivity contribution < 1.29 is 5.11 Å². The smallest absolute Gasteiger partial charge is 0.115 e. The molecule has 2 nitrogen and oxygen atoms in total. The van der Waals surface area contributed by atoms with Crippen molar-refractivity contribution in [2.24, 2.45) is 0 Å². The second-order valence-electron chi connectivity index (χ2n) is 5.46. The summed E-state index contributed by atoms with van der Waals surface area (Å²) in [5.74, 6) is 1.02. The number of hydrogen-bond acceptors (Lipinski definition) is 2. The van der Waals surface area contributed by atoms with Crippen LogP contribution < -0.4 is 5.32 Å².